The number of rotatable bonds is 4. The fraction of sp³-hybridized carbons (Fsp3) is 0.375. The molecule has 3 nitrogen and oxygen atoms in total. The fourth-order valence-corrected chi connectivity index (χ4v) is 3.05. The van der Waals surface area contributed by atoms with Gasteiger partial charge in [0.2, 0.25) is 0 Å². The molecular formula is C16H17BrN2O. The first-order valence-electron chi connectivity index (χ1n) is 7.02. The van der Waals surface area contributed by atoms with Crippen molar-refractivity contribution in [3.05, 3.63) is 42.2 Å². The average molecular weight is 333 g/mol. The molecule has 0 saturated heterocycles. The SMILES string of the molecule is O=C(c1nccc2ccccc12)N(CCBr)C1CCC1. The van der Waals surface area contributed by atoms with Gasteiger partial charge in [-0.3, -0.25) is 9.78 Å². The van der Waals surface area contributed by atoms with Crippen molar-refractivity contribution in [2.24, 2.45) is 0 Å². The van der Waals surface area contributed by atoms with Crippen LogP contribution in [-0.2, 0) is 0 Å². The highest BCUT2D eigenvalue weighted by molar-refractivity contribution is 9.09. The zero-order valence-corrected chi connectivity index (χ0v) is 12.8. The third kappa shape index (κ3) is 2.44. The van der Waals surface area contributed by atoms with Gasteiger partial charge in [0.1, 0.15) is 5.69 Å². The number of fused-ring (bicyclic) bond motifs is 1. The zero-order chi connectivity index (χ0) is 13.9. The van der Waals surface area contributed by atoms with E-state index in [1.54, 1.807) is 6.20 Å². The first kappa shape index (κ1) is 13.6. The largest absolute Gasteiger partial charge is 0.333 e. The van der Waals surface area contributed by atoms with Gasteiger partial charge in [0, 0.05) is 29.5 Å². The van der Waals surface area contributed by atoms with E-state index >= 15 is 0 Å². The molecule has 2 aromatic rings. The summed E-state index contributed by atoms with van der Waals surface area (Å²) in [7, 11) is 0. The summed E-state index contributed by atoms with van der Waals surface area (Å²) in [6.45, 7) is 0.744. The van der Waals surface area contributed by atoms with Gasteiger partial charge in [-0.2, -0.15) is 0 Å². The first-order valence-corrected chi connectivity index (χ1v) is 8.14. The van der Waals surface area contributed by atoms with Crippen molar-refractivity contribution < 1.29 is 4.79 Å². The van der Waals surface area contributed by atoms with Crippen LogP contribution in [0.15, 0.2) is 36.5 Å². The van der Waals surface area contributed by atoms with Gasteiger partial charge in [-0.05, 0) is 30.7 Å². The Bertz CT molecular complexity index is 619. The number of hydrogen-bond acceptors (Lipinski definition) is 2. The van der Waals surface area contributed by atoms with Crippen LogP contribution in [0.1, 0.15) is 29.8 Å². The van der Waals surface area contributed by atoms with Crippen LogP contribution in [0.2, 0.25) is 0 Å². The van der Waals surface area contributed by atoms with Crippen molar-refractivity contribution in [3.8, 4) is 0 Å². The van der Waals surface area contributed by atoms with Crippen LogP contribution in [0.5, 0.6) is 0 Å². The smallest absolute Gasteiger partial charge is 0.273 e. The molecule has 0 spiro atoms. The highest BCUT2D eigenvalue weighted by Crippen LogP contribution is 2.27. The van der Waals surface area contributed by atoms with E-state index in [-0.39, 0.29) is 5.91 Å². The summed E-state index contributed by atoms with van der Waals surface area (Å²) in [6, 6.07) is 10.3. The number of aromatic nitrogens is 1. The summed E-state index contributed by atoms with van der Waals surface area (Å²) < 4.78 is 0. The summed E-state index contributed by atoms with van der Waals surface area (Å²) in [6.07, 6.45) is 5.18. The maximum atomic E-state index is 12.8. The summed E-state index contributed by atoms with van der Waals surface area (Å²) in [5, 5.41) is 2.82. The average Bonchev–Trinajstić information content (AvgIpc) is 2.43. The minimum absolute atomic E-state index is 0.0611. The van der Waals surface area contributed by atoms with Gasteiger partial charge in [-0.15, -0.1) is 0 Å². The number of nitrogens with zero attached hydrogens (tertiary/aromatic N) is 2. The molecule has 1 fully saturated rings. The quantitative estimate of drug-likeness (QED) is 0.801. The minimum atomic E-state index is 0.0611. The topological polar surface area (TPSA) is 33.2 Å². The molecule has 0 bridgehead atoms. The van der Waals surface area contributed by atoms with Crippen molar-refractivity contribution in [1.29, 1.82) is 0 Å². The third-order valence-electron chi connectivity index (χ3n) is 3.98. The first-order chi connectivity index (χ1) is 9.81. The Morgan fingerprint density at radius 2 is 2.10 bits per heavy atom. The van der Waals surface area contributed by atoms with Gasteiger partial charge in [-0.1, -0.05) is 40.2 Å². The van der Waals surface area contributed by atoms with E-state index in [1.807, 2.05) is 35.2 Å². The standard InChI is InChI=1S/C16H17BrN2O/c17-9-11-19(13-5-3-6-13)16(20)15-14-7-2-1-4-12(14)8-10-18-15/h1-2,4,7-8,10,13H,3,5-6,9,11H2. The minimum Gasteiger partial charge on any atom is -0.333 e. The Hall–Kier alpha value is -1.42. The fourth-order valence-electron chi connectivity index (χ4n) is 2.67. The highest BCUT2D eigenvalue weighted by Gasteiger charge is 2.30. The number of alkyl halides is 1. The number of hydrogen-bond donors (Lipinski definition) is 0. The lowest BCUT2D eigenvalue weighted by Crippen LogP contribution is -2.45. The van der Waals surface area contributed by atoms with Gasteiger partial charge in [-0.25, -0.2) is 0 Å². The van der Waals surface area contributed by atoms with E-state index in [9.17, 15) is 4.79 Å². The predicted octanol–water partition coefficient (Wildman–Crippen LogP) is 3.62. The van der Waals surface area contributed by atoms with Crippen LogP contribution < -0.4 is 0 Å². The molecule has 0 aliphatic heterocycles. The number of carbonyl (C=O) groups excluding carboxylic acids is 1. The van der Waals surface area contributed by atoms with Crippen LogP contribution in [0.4, 0.5) is 0 Å². The van der Waals surface area contributed by atoms with Crippen molar-refractivity contribution in [2.75, 3.05) is 11.9 Å². The van der Waals surface area contributed by atoms with E-state index in [4.69, 9.17) is 0 Å². The summed E-state index contributed by atoms with van der Waals surface area (Å²) in [4.78, 5) is 19.1. The second kappa shape index (κ2) is 5.92. The van der Waals surface area contributed by atoms with Crippen LogP contribution >= 0.6 is 15.9 Å². The predicted molar refractivity (Wildman–Crippen MR) is 84.2 cm³/mol. The van der Waals surface area contributed by atoms with Crippen molar-refractivity contribution in [1.82, 2.24) is 9.88 Å². The molecule has 104 valence electrons. The zero-order valence-electron chi connectivity index (χ0n) is 11.3. The van der Waals surface area contributed by atoms with Crippen LogP contribution in [0.25, 0.3) is 10.8 Å². The molecule has 1 aromatic heterocycles. The molecule has 4 heteroatoms. The number of pyridine rings is 1. The normalized spacial score (nSPS) is 15.1. The molecule has 0 unspecified atom stereocenters. The number of benzene rings is 1. The molecule has 1 aliphatic carbocycles. The Labute approximate surface area is 127 Å². The lowest BCUT2D eigenvalue weighted by Gasteiger charge is -2.37. The summed E-state index contributed by atoms with van der Waals surface area (Å²) in [5.74, 6) is 0.0611. The molecule has 0 N–H and O–H groups in total. The monoisotopic (exact) mass is 332 g/mol. The second-order valence-electron chi connectivity index (χ2n) is 5.15. The van der Waals surface area contributed by atoms with E-state index in [2.05, 4.69) is 20.9 Å². The lowest BCUT2D eigenvalue weighted by molar-refractivity contribution is 0.0596. The van der Waals surface area contributed by atoms with Crippen LogP contribution in [0.3, 0.4) is 0 Å². The van der Waals surface area contributed by atoms with Gasteiger partial charge >= 0.3 is 0 Å². The molecule has 0 atom stereocenters. The molecule has 1 aliphatic rings. The van der Waals surface area contributed by atoms with Gasteiger partial charge < -0.3 is 4.90 Å². The van der Waals surface area contributed by atoms with Crippen molar-refractivity contribution in [2.45, 2.75) is 25.3 Å². The molecular weight excluding hydrogens is 316 g/mol. The van der Waals surface area contributed by atoms with Crippen molar-refractivity contribution >= 4 is 32.6 Å². The maximum absolute atomic E-state index is 12.8. The summed E-state index contributed by atoms with van der Waals surface area (Å²) in [5.41, 5.74) is 0.580. The summed E-state index contributed by atoms with van der Waals surface area (Å²) >= 11 is 3.45. The van der Waals surface area contributed by atoms with E-state index < -0.39 is 0 Å². The van der Waals surface area contributed by atoms with Gasteiger partial charge in [0.05, 0.1) is 0 Å². The van der Waals surface area contributed by atoms with E-state index in [0.717, 1.165) is 35.5 Å². The van der Waals surface area contributed by atoms with Crippen LogP contribution in [-0.4, -0.2) is 33.7 Å². The van der Waals surface area contributed by atoms with Gasteiger partial charge in [0.25, 0.3) is 5.91 Å². The molecule has 20 heavy (non-hydrogen) atoms. The number of halogens is 1. The second-order valence-corrected chi connectivity index (χ2v) is 5.95. The molecule has 1 amide bonds. The Kier molecular flexibility index (Phi) is 4.01. The lowest BCUT2D eigenvalue weighted by atomic mass is 9.91. The molecule has 1 heterocycles. The highest BCUT2D eigenvalue weighted by atomic mass is 79.9. The Balaban J connectivity index is 1.98. The third-order valence-corrected chi connectivity index (χ3v) is 4.33. The number of carbonyl (C=O) groups is 1. The van der Waals surface area contributed by atoms with Crippen LogP contribution in [0, 0.1) is 0 Å². The number of amides is 1. The molecule has 1 saturated carbocycles. The van der Waals surface area contributed by atoms with E-state index in [1.165, 1.54) is 6.42 Å². The van der Waals surface area contributed by atoms with Crippen molar-refractivity contribution in [3.63, 3.8) is 0 Å². The Morgan fingerprint density at radius 3 is 2.80 bits per heavy atom. The maximum Gasteiger partial charge on any atom is 0.273 e. The van der Waals surface area contributed by atoms with Gasteiger partial charge in [0.15, 0.2) is 0 Å². The molecule has 3 rings (SSSR count). The molecule has 0 radical (unpaired) electrons. The van der Waals surface area contributed by atoms with E-state index in [0.29, 0.717) is 11.7 Å². The molecule has 1 aromatic carbocycles. The Morgan fingerprint density at radius 1 is 1.30 bits per heavy atom.